The first-order chi connectivity index (χ1) is 14.5. The number of hydrogen-bond acceptors (Lipinski definition) is 9. The SMILES string of the molecule is COc1ccc(-c2nnc([C@@H](C)OC(=O)c3ccc(OC)c(OC)c3OC)o2)cc1. The molecule has 0 fully saturated rings. The number of rotatable bonds is 8. The molecule has 0 radical (unpaired) electrons. The van der Waals surface area contributed by atoms with Crippen LogP contribution in [0, 0.1) is 0 Å². The van der Waals surface area contributed by atoms with Gasteiger partial charge in [0.2, 0.25) is 11.6 Å². The number of esters is 1. The number of aromatic nitrogens is 2. The Bertz CT molecular complexity index is 1010. The van der Waals surface area contributed by atoms with E-state index < -0.39 is 12.1 Å². The van der Waals surface area contributed by atoms with Crippen molar-refractivity contribution in [2.24, 2.45) is 0 Å². The summed E-state index contributed by atoms with van der Waals surface area (Å²) in [5.41, 5.74) is 0.895. The molecule has 0 aliphatic heterocycles. The average Bonchev–Trinajstić information content (AvgIpc) is 3.28. The zero-order valence-corrected chi connectivity index (χ0v) is 17.3. The van der Waals surface area contributed by atoms with E-state index in [0.29, 0.717) is 23.1 Å². The maximum Gasteiger partial charge on any atom is 0.342 e. The monoisotopic (exact) mass is 414 g/mol. The molecule has 0 bridgehead atoms. The van der Waals surface area contributed by atoms with Crippen LogP contribution >= 0.6 is 0 Å². The van der Waals surface area contributed by atoms with Crippen molar-refractivity contribution >= 4 is 5.97 Å². The van der Waals surface area contributed by atoms with Crippen LogP contribution in [-0.2, 0) is 4.74 Å². The summed E-state index contributed by atoms with van der Waals surface area (Å²) < 4.78 is 32.1. The van der Waals surface area contributed by atoms with Gasteiger partial charge in [0, 0.05) is 5.56 Å². The van der Waals surface area contributed by atoms with E-state index in [1.165, 1.54) is 27.4 Å². The first kappa shape index (κ1) is 21.0. The van der Waals surface area contributed by atoms with Crippen molar-refractivity contribution in [2.45, 2.75) is 13.0 Å². The summed E-state index contributed by atoms with van der Waals surface area (Å²) in [6, 6.07) is 10.3. The van der Waals surface area contributed by atoms with Gasteiger partial charge in [-0.1, -0.05) is 0 Å². The van der Waals surface area contributed by atoms with Gasteiger partial charge in [0.25, 0.3) is 5.89 Å². The number of benzene rings is 2. The van der Waals surface area contributed by atoms with E-state index >= 15 is 0 Å². The first-order valence-corrected chi connectivity index (χ1v) is 9.00. The van der Waals surface area contributed by atoms with Crippen LogP contribution in [-0.4, -0.2) is 44.6 Å². The minimum atomic E-state index is -0.783. The van der Waals surface area contributed by atoms with Crippen molar-refractivity contribution in [3.05, 3.63) is 47.9 Å². The zero-order valence-electron chi connectivity index (χ0n) is 17.3. The van der Waals surface area contributed by atoms with Crippen LogP contribution in [0.25, 0.3) is 11.5 Å². The Morgan fingerprint density at radius 1 is 0.867 bits per heavy atom. The number of carbonyl (C=O) groups excluding carboxylic acids is 1. The number of methoxy groups -OCH3 is 4. The maximum absolute atomic E-state index is 12.7. The normalized spacial score (nSPS) is 11.5. The molecule has 9 heteroatoms. The fraction of sp³-hybridized carbons (Fsp3) is 0.286. The maximum atomic E-state index is 12.7. The Morgan fingerprint density at radius 2 is 1.57 bits per heavy atom. The third-order valence-electron chi connectivity index (χ3n) is 4.33. The van der Waals surface area contributed by atoms with E-state index in [1.54, 1.807) is 44.4 Å². The highest BCUT2D eigenvalue weighted by Crippen LogP contribution is 2.40. The van der Waals surface area contributed by atoms with Crippen LogP contribution in [0.15, 0.2) is 40.8 Å². The number of carbonyl (C=O) groups is 1. The van der Waals surface area contributed by atoms with Crippen molar-refractivity contribution in [3.63, 3.8) is 0 Å². The Morgan fingerprint density at radius 3 is 2.17 bits per heavy atom. The van der Waals surface area contributed by atoms with Crippen molar-refractivity contribution in [1.29, 1.82) is 0 Å². The summed E-state index contributed by atoms with van der Waals surface area (Å²) in [6.07, 6.45) is -0.783. The second-order valence-electron chi connectivity index (χ2n) is 6.10. The summed E-state index contributed by atoms with van der Waals surface area (Å²) in [5, 5.41) is 8.00. The Balaban J connectivity index is 1.78. The van der Waals surface area contributed by atoms with Gasteiger partial charge in [-0.15, -0.1) is 10.2 Å². The van der Waals surface area contributed by atoms with E-state index in [2.05, 4.69) is 10.2 Å². The minimum Gasteiger partial charge on any atom is -0.497 e. The van der Waals surface area contributed by atoms with Crippen molar-refractivity contribution in [1.82, 2.24) is 10.2 Å². The molecule has 3 rings (SSSR count). The lowest BCUT2D eigenvalue weighted by Gasteiger charge is -2.16. The Kier molecular flexibility index (Phi) is 6.41. The minimum absolute atomic E-state index is 0.161. The summed E-state index contributed by atoms with van der Waals surface area (Å²) in [7, 11) is 5.96. The standard InChI is InChI=1S/C21H22N2O7/c1-12(19-22-23-20(30-19)13-6-8-14(25-2)9-7-13)29-21(24)15-10-11-16(26-3)18(28-5)17(15)27-4/h6-12H,1-5H3/t12-/m1/s1. The summed E-state index contributed by atoms with van der Waals surface area (Å²) in [4.78, 5) is 12.7. The highest BCUT2D eigenvalue weighted by molar-refractivity contribution is 5.94. The molecule has 0 saturated carbocycles. The fourth-order valence-electron chi connectivity index (χ4n) is 2.79. The fourth-order valence-corrected chi connectivity index (χ4v) is 2.79. The molecule has 0 N–H and O–H groups in total. The molecule has 0 aliphatic rings. The van der Waals surface area contributed by atoms with Gasteiger partial charge in [-0.25, -0.2) is 4.79 Å². The second-order valence-corrected chi connectivity index (χ2v) is 6.10. The largest absolute Gasteiger partial charge is 0.497 e. The molecule has 30 heavy (non-hydrogen) atoms. The highest BCUT2D eigenvalue weighted by Gasteiger charge is 2.25. The smallest absolute Gasteiger partial charge is 0.342 e. The Hall–Kier alpha value is -3.75. The quantitative estimate of drug-likeness (QED) is 0.511. The van der Waals surface area contributed by atoms with E-state index in [4.69, 9.17) is 28.1 Å². The van der Waals surface area contributed by atoms with E-state index in [-0.39, 0.29) is 17.2 Å². The predicted molar refractivity (Wildman–Crippen MR) is 106 cm³/mol. The highest BCUT2D eigenvalue weighted by atomic mass is 16.6. The van der Waals surface area contributed by atoms with Crippen molar-refractivity contribution in [2.75, 3.05) is 28.4 Å². The van der Waals surface area contributed by atoms with Gasteiger partial charge in [-0.05, 0) is 43.3 Å². The first-order valence-electron chi connectivity index (χ1n) is 9.00. The molecule has 0 saturated heterocycles. The molecule has 1 aromatic heterocycles. The molecule has 2 aromatic carbocycles. The summed E-state index contributed by atoms with van der Waals surface area (Å²) >= 11 is 0. The topological polar surface area (TPSA) is 102 Å². The number of ether oxygens (including phenoxy) is 5. The lowest BCUT2D eigenvalue weighted by atomic mass is 10.1. The van der Waals surface area contributed by atoms with Crippen LogP contribution in [0.1, 0.15) is 29.3 Å². The second kappa shape index (κ2) is 9.17. The van der Waals surface area contributed by atoms with Crippen LogP contribution in [0.4, 0.5) is 0 Å². The molecule has 1 heterocycles. The number of nitrogens with zero attached hydrogens (tertiary/aromatic N) is 2. The van der Waals surface area contributed by atoms with Gasteiger partial charge in [-0.2, -0.15) is 0 Å². The van der Waals surface area contributed by atoms with Crippen LogP contribution in [0.2, 0.25) is 0 Å². The lowest BCUT2D eigenvalue weighted by molar-refractivity contribution is 0.0275. The van der Waals surface area contributed by atoms with Gasteiger partial charge < -0.3 is 28.1 Å². The predicted octanol–water partition coefficient (Wildman–Crippen LogP) is 3.69. The molecule has 1 atom stereocenters. The molecule has 0 spiro atoms. The number of hydrogen-bond donors (Lipinski definition) is 0. The zero-order chi connectivity index (χ0) is 21.7. The third-order valence-corrected chi connectivity index (χ3v) is 4.33. The van der Waals surface area contributed by atoms with Crippen LogP contribution in [0.5, 0.6) is 23.0 Å². The van der Waals surface area contributed by atoms with E-state index in [0.717, 1.165) is 5.56 Å². The Labute approximate surface area is 173 Å². The summed E-state index contributed by atoms with van der Waals surface area (Å²) in [6.45, 7) is 1.64. The average molecular weight is 414 g/mol. The van der Waals surface area contributed by atoms with Gasteiger partial charge in [-0.3, -0.25) is 0 Å². The van der Waals surface area contributed by atoms with Crippen molar-refractivity contribution < 1.29 is 32.9 Å². The summed E-state index contributed by atoms with van der Waals surface area (Å²) in [5.74, 6) is 1.47. The molecular formula is C21H22N2O7. The molecule has 0 amide bonds. The lowest BCUT2D eigenvalue weighted by Crippen LogP contribution is -2.11. The molecule has 158 valence electrons. The molecular weight excluding hydrogens is 392 g/mol. The molecule has 0 unspecified atom stereocenters. The van der Waals surface area contributed by atoms with Crippen molar-refractivity contribution in [3.8, 4) is 34.5 Å². The molecule has 3 aromatic rings. The van der Waals surface area contributed by atoms with Gasteiger partial charge in [0.1, 0.15) is 11.3 Å². The van der Waals surface area contributed by atoms with Gasteiger partial charge in [0.15, 0.2) is 17.6 Å². The van der Waals surface area contributed by atoms with Crippen LogP contribution in [0.3, 0.4) is 0 Å². The van der Waals surface area contributed by atoms with Gasteiger partial charge >= 0.3 is 5.97 Å². The van der Waals surface area contributed by atoms with Gasteiger partial charge in [0.05, 0.1) is 28.4 Å². The molecule has 9 nitrogen and oxygen atoms in total. The van der Waals surface area contributed by atoms with E-state index in [1.807, 2.05) is 0 Å². The molecule has 0 aliphatic carbocycles. The van der Waals surface area contributed by atoms with Crippen LogP contribution < -0.4 is 18.9 Å². The third kappa shape index (κ3) is 4.14. The van der Waals surface area contributed by atoms with E-state index in [9.17, 15) is 4.79 Å².